The highest BCUT2D eigenvalue weighted by molar-refractivity contribution is 5.69. The van der Waals surface area contributed by atoms with E-state index >= 15 is 0 Å². The number of esters is 2. The predicted octanol–water partition coefficient (Wildman–Crippen LogP) is 1.44. The minimum Gasteiger partial charge on any atom is -0.463 e. The molecule has 0 bridgehead atoms. The standard InChI is InChI=1S/C12H20O5/c1-3-5-11(13)15-7-9-10(17-9)8-16-12(14)6-4-2/h9-10H,3-8H2,1-2H3/t9-,10+. The molecule has 0 N–H and O–H groups in total. The van der Waals surface area contributed by atoms with E-state index in [9.17, 15) is 9.59 Å². The Kier molecular flexibility index (Phi) is 5.97. The third-order valence-electron chi connectivity index (χ3n) is 2.41. The van der Waals surface area contributed by atoms with Gasteiger partial charge in [0.1, 0.15) is 25.4 Å². The molecule has 5 heteroatoms. The molecule has 1 aliphatic rings. The van der Waals surface area contributed by atoms with Crippen molar-refractivity contribution in [3.8, 4) is 0 Å². The van der Waals surface area contributed by atoms with E-state index in [1.54, 1.807) is 0 Å². The molecule has 1 saturated heterocycles. The average molecular weight is 244 g/mol. The van der Waals surface area contributed by atoms with Crippen LogP contribution in [0, 0.1) is 0 Å². The van der Waals surface area contributed by atoms with Crippen LogP contribution in [0.2, 0.25) is 0 Å². The van der Waals surface area contributed by atoms with Crippen molar-refractivity contribution in [2.45, 2.75) is 51.7 Å². The first kappa shape index (κ1) is 14.0. The van der Waals surface area contributed by atoms with Gasteiger partial charge in [0.2, 0.25) is 0 Å². The van der Waals surface area contributed by atoms with E-state index < -0.39 is 0 Å². The number of rotatable bonds is 8. The van der Waals surface area contributed by atoms with Crippen LogP contribution in [-0.4, -0.2) is 37.4 Å². The molecule has 1 aliphatic heterocycles. The smallest absolute Gasteiger partial charge is 0.305 e. The van der Waals surface area contributed by atoms with Crippen LogP contribution in [0.5, 0.6) is 0 Å². The van der Waals surface area contributed by atoms with Gasteiger partial charge in [0.15, 0.2) is 0 Å². The van der Waals surface area contributed by atoms with Gasteiger partial charge >= 0.3 is 11.9 Å². The topological polar surface area (TPSA) is 65.1 Å². The summed E-state index contributed by atoms with van der Waals surface area (Å²) in [4.78, 5) is 22.1. The Balaban J connectivity index is 2.01. The third kappa shape index (κ3) is 5.68. The Bertz CT molecular complexity index is 238. The summed E-state index contributed by atoms with van der Waals surface area (Å²) < 4.78 is 15.2. The molecule has 0 unspecified atom stereocenters. The summed E-state index contributed by atoms with van der Waals surface area (Å²) in [5, 5.41) is 0. The second kappa shape index (κ2) is 7.27. The molecule has 0 radical (unpaired) electrons. The Morgan fingerprint density at radius 2 is 1.35 bits per heavy atom. The minimum atomic E-state index is -0.204. The molecule has 1 heterocycles. The van der Waals surface area contributed by atoms with Gasteiger partial charge in [-0.25, -0.2) is 0 Å². The summed E-state index contributed by atoms with van der Waals surface area (Å²) in [5.74, 6) is -0.408. The van der Waals surface area contributed by atoms with Crippen molar-refractivity contribution in [3.05, 3.63) is 0 Å². The van der Waals surface area contributed by atoms with Crippen molar-refractivity contribution < 1.29 is 23.8 Å². The van der Waals surface area contributed by atoms with Crippen molar-refractivity contribution in [1.82, 2.24) is 0 Å². The fourth-order valence-electron chi connectivity index (χ4n) is 1.38. The van der Waals surface area contributed by atoms with Crippen LogP contribution in [0.25, 0.3) is 0 Å². The number of ether oxygens (including phenoxy) is 3. The van der Waals surface area contributed by atoms with E-state index in [4.69, 9.17) is 14.2 Å². The first-order valence-electron chi connectivity index (χ1n) is 6.14. The maximum atomic E-state index is 11.1. The summed E-state index contributed by atoms with van der Waals surface area (Å²) in [6, 6.07) is 0. The molecular weight excluding hydrogens is 224 g/mol. The van der Waals surface area contributed by atoms with Crippen LogP contribution in [-0.2, 0) is 23.8 Å². The second-order valence-electron chi connectivity index (χ2n) is 4.08. The lowest BCUT2D eigenvalue weighted by molar-refractivity contribution is -0.145. The number of hydrogen-bond acceptors (Lipinski definition) is 5. The molecular formula is C12H20O5. The van der Waals surface area contributed by atoms with Crippen LogP contribution >= 0.6 is 0 Å². The molecule has 0 spiro atoms. The van der Waals surface area contributed by atoms with Gasteiger partial charge in [0.05, 0.1) is 0 Å². The minimum absolute atomic E-state index is 0.106. The van der Waals surface area contributed by atoms with Crippen LogP contribution in [0.15, 0.2) is 0 Å². The fraction of sp³-hybridized carbons (Fsp3) is 0.833. The van der Waals surface area contributed by atoms with E-state index in [2.05, 4.69) is 0 Å². The van der Waals surface area contributed by atoms with E-state index in [0.29, 0.717) is 12.8 Å². The molecule has 5 nitrogen and oxygen atoms in total. The zero-order valence-electron chi connectivity index (χ0n) is 10.4. The van der Waals surface area contributed by atoms with Gasteiger partial charge < -0.3 is 14.2 Å². The monoisotopic (exact) mass is 244 g/mol. The van der Waals surface area contributed by atoms with Crippen molar-refractivity contribution in [2.24, 2.45) is 0 Å². The largest absolute Gasteiger partial charge is 0.463 e. The average Bonchev–Trinajstić information content (AvgIpc) is 3.03. The highest BCUT2D eigenvalue weighted by Crippen LogP contribution is 2.22. The number of carbonyl (C=O) groups excluding carboxylic acids is 2. The highest BCUT2D eigenvalue weighted by Gasteiger charge is 2.40. The van der Waals surface area contributed by atoms with Crippen molar-refractivity contribution in [3.63, 3.8) is 0 Å². The van der Waals surface area contributed by atoms with Gasteiger partial charge in [0, 0.05) is 12.8 Å². The zero-order chi connectivity index (χ0) is 12.7. The maximum absolute atomic E-state index is 11.1. The molecule has 0 aromatic carbocycles. The molecule has 0 aromatic rings. The fourth-order valence-corrected chi connectivity index (χ4v) is 1.38. The van der Waals surface area contributed by atoms with Crippen LogP contribution in [0.1, 0.15) is 39.5 Å². The summed E-state index contributed by atoms with van der Waals surface area (Å²) >= 11 is 0. The normalized spacial score (nSPS) is 22.0. The maximum Gasteiger partial charge on any atom is 0.305 e. The molecule has 0 saturated carbocycles. The Hall–Kier alpha value is -1.10. The molecule has 17 heavy (non-hydrogen) atoms. The van der Waals surface area contributed by atoms with Gasteiger partial charge in [-0.3, -0.25) is 9.59 Å². The third-order valence-corrected chi connectivity index (χ3v) is 2.41. The lowest BCUT2D eigenvalue weighted by Gasteiger charge is -2.02. The van der Waals surface area contributed by atoms with Crippen molar-refractivity contribution in [2.75, 3.05) is 13.2 Å². The lowest BCUT2D eigenvalue weighted by atomic mass is 10.3. The number of carbonyl (C=O) groups is 2. The van der Waals surface area contributed by atoms with Crippen molar-refractivity contribution in [1.29, 1.82) is 0 Å². The van der Waals surface area contributed by atoms with Crippen molar-refractivity contribution >= 4 is 11.9 Å². The van der Waals surface area contributed by atoms with E-state index in [-0.39, 0.29) is 37.4 Å². The van der Waals surface area contributed by atoms with Gasteiger partial charge in [-0.05, 0) is 12.8 Å². The van der Waals surface area contributed by atoms with Gasteiger partial charge in [-0.2, -0.15) is 0 Å². The van der Waals surface area contributed by atoms with E-state index in [0.717, 1.165) is 12.8 Å². The molecule has 1 fully saturated rings. The Morgan fingerprint density at radius 1 is 0.941 bits per heavy atom. The Labute approximate surface area is 101 Å². The summed E-state index contributed by atoms with van der Waals surface area (Å²) in [5.41, 5.74) is 0. The quantitative estimate of drug-likeness (QED) is 0.477. The number of hydrogen-bond donors (Lipinski definition) is 0. The Morgan fingerprint density at radius 3 is 1.71 bits per heavy atom. The SMILES string of the molecule is CCCC(=O)OC[C@@H]1O[C@@H]1COC(=O)CCC. The molecule has 1 rings (SSSR count). The molecule has 0 aliphatic carbocycles. The second-order valence-corrected chi connectivity index (χ2v) is 4.08. The van der Waals surface area contributed by atoms with Crippen LogP contribution < -0.4 is 0 Å². The van der Waals surface area contributed by atoms with Crippen LogP contribution in [0.3, 0.4) is 0 Å². The van der Waals surface area contributed by atoms with E-state index in [1.807, 2.05) is 13.8 Å². The molecule has 0 aromatic heterocycles. The first-order chi connectivity index (χ1) is 8.17. The summed E-state index contributed by atoms with van der Waals surface area (Å²) in [6.45, 7) is 4.36. The molecule has 98 valence electrons. The zero-order valence-corrected chi connectivity index (χ0v) is 10.4. The first-order valence-corrected chi connectivity index (χ1v) is 6.14. The molecule has 2 atom stereocenters. The summed E-state index contributed by atoms with van der Waals surface area (Å²) in [7, 11) is 0. The van der Waals surface area contributed by atoms with Gasteiger partial charge in [0.25, 0.3) is 0 Å². The van der Waals surface area contributed by atoms with E-state index in [1.165, 1.54) is 0 Å². The van der Waals surface area contributed by atoms with Gasteiger partial charge in [-0.15, -0.1) is 0 Å². The predicted molar refractivity (Wildman–Crippen MR) is 60.4 cm³/mol. The number of epoxide rings is 1. The lowest BCUT2D eigenvalue weighted by Crippen LogP contribution is -2.15. The molecule has 0 amide bonds. The van der Waals surface area contributed by atoms with Gasteiger partial charge in [-0.1, -0.05) is 13.8 Å². The summed E-state index contributed by atoms with van der Waals surface area (Å²) in [6.07, 6.45) is 2.21. The highest BCUT2D eigenvalue weighted by atomic mass is 16.6. The van der Waals surface area contributed by atoms with Crippen LogP contribution in [0.4, 0.5) is 0 Å².